The van der Waals surface area contributed by atoms with E-state index in [0.29, 0.717) is 23.9 Å². The molecule has 0 aliphatic carbocycles. The molecular weight excluding hydrogens is 288 g/mol. The number of rotatable bonds is 1. The fraction of sp³-hybridized carbons (Fsp3) is 0.333. The van der Waals surface area contributed by atoms with E-state index in [4.69, 9.17) is 17.3 Å². The Morgan fingerprint density at radius 3 is 2.81 bits per heavy atom. The van der Waals surface area contributed by atoms with Gasteiger partial charge in [-0.3, -0.25) is 5.32 Å². The Balaban J connectivity index is 1.72. The van der Waals surface area contributed by atoms with Gasteiger partial charge in [0.2, 0.25) is 0 Å². The van der Waals surface area contributed by atoms with Crippen LogP contribution in [0, 0.1) is 0 Å². The molecule has 0 unspecified atom stereocenters. The second kappa shape index (κ2) is 5.87. The number of halogens is 1. The summed E-state index contributed by atoms with van der Waals surface area (Å²) in [6.07, 6.45) is 1.69. The third kappa shape index (κ3) is 3.25. The summed E-state index contributed by atoms with van der Waals surface area (Å²) in [6, 6.07) is 9.24. The highest BCUT2D eigenvalue weighted by molar-refractivity contribution is 6.31. The first-order valence-corrected chi connectivity index (χ1v) is 7.37. The lowest BCUT2D eigenvalue weighted by molar-refractivity contribution is 0.195. The van der Waals surface area contributed by atoms with Crippen molar-refractivity contribution in [3.63, 3.8) is 0 Å². The van der Waals surface area contributed by atoms with Crippen LogP contribution in [0.25, 0.3) is 10.9 Å². The molecule has 21 heavy (non-hydrogen) atoms. The summed E-state index contributed by atoms with van der Waals surface area (Å²) < 4.78 is 0. The Morgan fingerprint density at radius 1 is 1.29 bits per heavy atom. The fourth-order valence-electron chi connectivity index (χ4n) is 2.46. The van der Waals surface area contributed by atoms with E-state index in [1.807, 2.05) is 18.2 Å². The molecule has 2 heterocycles. The minimum atomic E-state index is -0.122. The molecule has 1 aromatic carbocycles. The average Bonchev–Trinajstić information content (AvgIpc) is 2.48. The van der Waals surface area contributed by atoms with Gasteiger partial charge >= 0.3 is 6.03 Å². The molecule has 1 saturated heterocycles. The lowest BCUT2D eigenvalue weighted by Gasteiger charge is -2.30. The van der Waals surface area contributed by atoms with Crippen LogP contribution in [0.5, 0.6) is 0 Å². The summed E-state index contributed by atoms with van der Waals surface area (Å²) in [5.74, 6) is 0.546. The number of likely N-dealkylation sites (tertiary alicyclic amines) is 1. The number of aromatic nitrogens is 1. The van der Waals surface area contributed by atoms with E-state index in [1.54, 1.807) is 17.0 Å². The molecule has 2 aromatic rings. The van der Waals surface area contributed by atoms with Gasteiger partial charge in [-0.15, -0.1) is 0 Å². The van der Waals surface area contributed by atoms with Gasteiger partial charge in [0.1, 0.15) is 5.82 Å². The number of hydrogen-bond acceptors (Lipinski definition) is 3. The van der Waals surface area contributed by atoms with Crippen LogP contribution < -0.4 is 11.1 Å². The number of nitrogens with zero attached hydrogens (tertiary/aromatic N) is 2. The second-order valence-corrected chi connectivity index (χ2v) is 5.72. The largest absolute Gasteiger partial charge is 0.328 e. The Labute approximate surface area is 128 Å². The maximum absolute atomic E-state index is 12.2. The quantitative estimate of drug-likeness (QED) is 0.851. The van der Waals surface area contributed by atoms with Crippen LogP contribution in [0.1, 0.15) is 12.8 Å². The number of urea groups is 1. The molecule has 2 amide bonds. The minimum absolute atomic E-state index is 0.122. The minimum Gasteiger partial charge on any atom is -0.328 e. The van der Waals surface area contributed by atoms with Crippen molar-refractivity contribution in [1.82, 2.24) is 9.88 Å². The Morgan fingerprint density at radius 2 is 2.05 bits per heavy atom. The monoisotopic (exact) mass is 304 g/mol. The zero-order valence-corrected chi connectivity index (χ0v) is 12.3. The lowest BCUT2D eigenvalue weighted by atomic mass is 10.1. The van der Waals surface area contributed by atoms with Crippen molar-refractivity contribution in [1.29, 1.82) is 0 Å². The molecule has 0 saturated carbocycles. The van der Waals surface area contributed by atoms with Gasteiger partial charge in [-0.1, -0.05) is 11.6 Å². The molecule has 110 valence electrons. The summed E-state index contributed by atoms with van der Waals surface area (Å²) in [5, 5.41) is 4.46. The maximum atomic E-state index is 12.2. The highest BCUT2D eigenvalue weighted by atomic mass is 35.5. The van der Waals surface area contributed by atoms with Gasteiger partial charge < -0.3 is 10.6 Å². The van der Waals surface area contributed by atoms with Crippen LogP contribution in [-0.2, 0) is 0 Å². The third-order valence-corrected chi connectivity index (χ3v) is 3.95. The molecule has 1 aromatic heterocycles. The van der Waals surface area contributed by atoms with Crippen molar-refractivity contribution < 1.29 is 4.79 Å². The van der Waals surface area contributed by atoms with E-state index in [9.17, 15) is 4.79 Å². The first-order chi connectivity index (χ1) is 10.1. The van der Waals surface area contributed by atoms with E-state index in [1.165, 1.54) is 0 Å². The molecule has 1 fully saturated rings. The molecule has 0 atom stereocenters. The number of nitrogens with two attached hydrogens (primary N) is 1. The number of piperidine rings is 1. The van der Waals surface area contributed by atoms with Crippen molar-refractivity contribution in [2.45, 2.75) is 18.9 Å². The van der Waals surface area contributed by atoms with Gasteiger partial charge in [-0.05, 0) is 43.2 Å². The molecule has 1 aliphatic heterocycles. The van der Waals surface area contributed by atoms with Gasteiger partial charge in [0, 0.05) is 29.5 Å². The number of carbonyl (C=O) groups is 1. The average molecular weight is 305 g/mol. The molecule has 5 nitrogen and oxygen atoms in total. The zero-order chi connectivity index (χ0) is 14.8. The summed E-state index contributed by atoms with van der Waals surface area (Å²) in [7, 11) is 0. The summed E-state index contributed by atoms with van der Waals surface area (Å²) in [6.45, 7) is 1.38. The lowest BCUT2D eigenvalue weighted by Crippen LogP contribution is -2.44. The summed E-state index contributed by atoms with van der Waals surface area (Å²) >= 11 is 5.94. The smallest absolute Gasteiger partial charge is 0.323 e. The van der Waals surface area contributed by atoms with Gasteiger partial charge in [0.15, 0.2) is 0 Å². The van der Waals surface area contributed by atoms with Crippen LogP contribution in [-0.4, -0.2) is 35.0 Å². The van der Waals surface area contributed by atoms with E-state index < -0.39 is 0 Å². The molecule has 0 spiro atoms. The van der Waals surface area contributed by atoms with Crippen LogP contribution in [0.2, 0.25) is 5.02 Å². The Kier molecular flexibility index (Phi) is 3.94. The topological polar surface area (TPSA) is 71.2 Å². The molecule has 0 radical (unpaired) electrons. The zero-order valence-electron chi connectivity index (χ0n) is 11.6. The number of nitrogens with one attached hydrogen (secondary N) is 1. The summed E-state index contributed by atoms with van der Waals surface area (Å²) in [4.78, 5) is 18.4. The number of benzene rings is 1. The first-order valence-electron chi connectivity index (χ1n) is 6.99. The van der Waals surface area contributed by atoms with E-state index in [2.05, 4.69) is 10.3 Å². The highest BCUT2D eigenvalue weighted by Crippen LogP contribution is 2.20. The van der Waals surface area contributed by atoms with Gasteiger partial charge in [-0.25, -0.2) is 9.78 Å². The Bertz CT molecular complexity index is 668. The predicted molar refractivity (Wildman–Crippen MR) is 84.6 cm³/mol. The Hall–Kier alpha value is -1.85. The van der Waals surface area contributed by atoms with E-state index in [-0.39, 0.29) is 12.1 Å². The normalized spacial score (nSPS) is 16.2. The molecule has 1 aliphatic rings. The highest BCUT2D eigenvalue weighted by Gasteiger charge is 2.20. The van der Waals surface area contributed by atoms with Crippen molar-refractivity contribution in [2.75, 3.05) is 18.4 Å². The third-order valence-electron chi connectivity index (χ3n) is 3.71. The van der Waals surface area contributed by atoms with Gasteiger partial charge in [0.25, 0.3) is 0 Å². The van der Waals surface area contributed by atoms with E-state index >= 15 is 0 Å². The number of anilines is 1. The van der Waals surface area contributed by atoms with Crippen LogP contribution in [0.3, 0.4) is 0 Å². The van der Waals surface area contributed by atoms with Crippen molar-refractivity contribution in [3.05, 3.63) is 35.4 Å². The molecule has 3 N–H and O–H groups in total. The predicted octanol–water partition coefficient (Wildman–Crippen LogP) is 2.84. The molecule has 6 heteroatoms. The van der Waals surface area contributed by atoms with Gasteiger partial charge in [0.05, 0.1) is 5.52 Å². The number of fused-ring (bicyclic) bond motifs is 1. The van der Waals surface area contributed by atoms with Crippen molar-refractivity contribution in [2.24, 2.45) is 5.73 Å². The maximum Gasteiger partial charge on any atom is 0.323 e. The van der Waals surface area contributed by atoms with Crippen LogP contribution >= 0.6 is 11.6 Å². The molecule has 0 bridgehead atoms. The number of pyridine rings is 1. The van der Waals surface area contributed by atoms with Crippen molar-refractivity contribution >= 4 is 34.4 Å². The van der Waals surface area contributed by atoms with E-state index in [0.717, 1.165) is 23.7 Å². The molecular formula is C15H17ClN4O. The van der Waals surface area contributed by atoms with Crippen LogP contribution in [0.15, 0.2) is 30.3 Å². The van der Waals surface area contributed by atoms with Gasteiger partial charge in [-0.2, -0.15) is 0 Å². The second-order valence-electron chi connectivity index (χ2n) is 5.29. The van der Waals surface area contributed by atoms with Crippen molar-refractivity contribution in [3.8, 4) is 0 Å². The number of carbonyl (C=O) groups excluding carboxylic acids is 1. The standard InChI is InChI=1S/C15H17ClN4O/c16-11-2-3-13-10(9-11)1-4-14(18-13)19-15(21)20-7-5-12(17)6-8-20/h1-4,9,12H,5-8,17H2,(H,18,19,21). The molecule has 3 rings (SSSR count). The first kappa shape index (κ1) is 14.1. The number of amides is 2. The number of hydrogen-bond donors (Lipinski definition) is 2. The summed E-state index contributed by atoms with van der Waals surface area (Å²) in [5.41, 5.74) is 6.65. The fourth-order valence-corrected chi connectivity index (χ4v) is 2.64. The SMILES string of the molecule is NC1CCN(C(=O)Nc2ccc3cc(Cl)ccc3n2)CC1. The van der Waals surface area contributed by atoms with Crippen LogP contribution in [0.4, 0.5) is 10.6 Å².